The fraction of sp³-hybridized carbons (Fsp3) is 0.407. The highest BCUT2D eigenvalue weighted by Gasteiger charge is 2.34. The monoisotopic (exact) mass is 509 g/mol. The zero-order valence-corrected chi connectivity index (χ0v) is 21.7. The van der Waals surface area contributed by atoms with E-state index in [2.05, 4.69) is 5.32 Å². The van der Waals surface area contributed by atoms with Gasteiger partial charge in [-0.05, 0) is 67.1 Å². The summed E-state index contributed by atoms with van der Waals surface area (Å²) in [5, 5.41) is 12.5. The second kappa shape index (κ2) is 11.4. The number of benzene rings is 2. The molecule has 0 radical (unpaired) electrons. The molecule has 1 aliphatic heterocycles. The van der Waals surface area contributed by atoms with E-state index in [-0.39, 0.29) is 31.7 Å². The van der Waals surface area contributed by atoms with Gasteiger partial charge in [-0.15, -0.1) is 0 Å². The summed E-state index contributed by atoms with van der Waals surface area (Å²) in [6.45, 7) is 5.18. The lowest BCUT2D eigenvalue weighted by molar-refractivity contribution is -0.142. The molecule has 10 heteroatoms. The van der Waals surface area contributed by atoms with Crippen molar-refractivity contribution in [1.29, 1.82) is 0 Å². The molecule has 2 aromatic rings. The van der Waals surface area contributed by atoms with Crippen LogP contribution in [-0.2, 0) is 38.6 Å². The van der Waals surface area contributed by atoms with Crippen LogP contribution in [0.25, 0.3) is 0 Å². The molecule has 0 aliphatic carbocycles. The number of aryl methyl sites for hydroxylation is 2. The molecule has 0 saturated heterocycles. The van der Waals surface area contributed by atoms with Crippen molar-refractivity contribution in [3.8, 4) is 5.75 Å². The van der Waals surface area contributed by atoms with Crippen LogP contribution in [0.15, 0.2) is 36.4 Å². The fourth-order valence-electron chi connectivity index (χ4n) is 4.68. The third kappa shape index (κ3) is 6.45. The Labute approximate surface area is 216 Å². The van der Waals surface area contributed by atoms with Crippen LogP contribution < -0.4 is 16.8 Å². The summed E-state index contributed by atoms with van der Waals surface area (Å²) < 4.78 is 0. The molecule has 0 spiro atoms. The molecule has 1 unspecified atom stereocenters. The van der Waals surface area contributed by atoms with Crippen molar-refractivity contribution in [3.05, 3.63) is 64.2 Å². The number of hydrogen-bond donors (Lipinski definition) is 4. The van der Waals surface area contributed by atoms with E-state index in [0.29, 0.717) is 0 Å². The van der Waals surface area contributed by atoms with Crippen LogP contribution in [-0.4, -0.2) is 70.3 Å². The molecule has 1 aliphatic rings. The first-order valence-electron chi connectivity index (χ1n) is 12.1. The van der Waals surface area contributed by atoms with Gasteiger partial charge in [-0.2, -0.15) is 0 Å². The van der Waals surface area contributed by atoms with Gasteiger partial charge in [-0.1, -0.05) is 24.3 Å². The lowest BCUT2D eigenvalue weighted by Gasteiger charge is -2.29. The molecule has 0 bridgehead atoms. The van der Waals surface area contributed by atoms with Crippen molar-refractivity contribution in [2.75, 3.05) is 13.6 Å². The number of rotatable bonds is 8. The topological polar surface area (TPSA) is 159 Å². The van der Waals surface area contributed by atoms with Gasteiger partial charge in [0, 0.05) is 20.0 Å². The predicted molar refractivity (Wildman–Crippen MR) is 138 cm³/mol. The van der Waals surface area contributed by atoms with Crippen molar-refractivity contribution in [3.63, 3.8) is 0 Å². The SMILES string of the molecule is Cc1cc(O)cc(C)c1CC(N)C(=O)N(C)[C@H](C)C(=O)N[C@H]1Cc2ccccc2CN(CC(N)=O)C1=O. The van der Waals surface area contributed by atoms with Gasteiger partial charge >= 0.3 is 0 Å². The highest BCUT2D eigenvalue weighted by Crippen LogP contribution is 2.23. The van der Waals surface area contributed by atoms with Crippen molar-refractivity contribution < 1.29 is 24.3 Å². The Balaban J connectivity index is 1.72. The van der Waals surface area contributed by atoms with Gasteiger partial charge in [0.05, 0.1) is 12.6 Å². The molecule has 3 rings (SSSR count). The van der Waals surface area contributed by atoms with Crippen molar-refractivity contribution in [2.24, 2.45) is 11.5 Å². The molecule has 0 aromatic heterocycles. The van der Waals surface area contributed by atoms with E-state index >= 15 is 0 Å². The minimum absolute atomic E-state index is 0.145. The van der Waals surface area contributed by atoms with Crippen LogP contribution in [0.1, 0.15) is 34.7 Å². The standard InChI is InChI=1S/C27H35N5O5/c1-15-9-20(33)10-16(2)21(15)12-22(28)26(36)31(4)17(3)25(35)30-23-11-18-7-5-6-8-19(18)13-32(27(23)37)14-24(29)34/h5-10,17,22-23,33H,11-14,28H2,1-4H3,(H2,29,34)(H,30,35)/t17-,22?,23+/m1/s1. The fourth-order valence-corrected chi connectivity index (χ4v) is 4.68. The number of phenolic OH excluding ortho intramolecular Hbond substituents is 1. The normalized spacial score (nSPS) is 16.8. The number of nitrogens with one attached hydrogen (secondary N) is 1. The van der Waals surface area contributed by atoms with Crippen LogP contribution in [0.5, 0.6) is 5.75 Å². The van der Waals surface area contributed by atoms with Gasteiger partial charge in [-0.3, -0.25) is 19.2 Å². The van der Waals surface area contributed by atoms with Crippen LogP contribution in [0.2, 0.25) is 0 Å². The van der Waals surface area contributed by atoms with Crippen LogP contribution >= 0.6 is 0 Å². The number of aromatic hydroxyl groups is 1. The van der Waals surface area contributed by atoms with Gasteiger partial charge in [0.2, 0.25) is 23.6 Å². The molecule has 0 fully saturated rings. The highest BCUT2D eigenvalue weighted by atomic mass is 16.3. The predicted octanol–water partition coefficient (Wildman–Crippen LogP) is 0.281. The zero-order valence-electron chi connectivity index (χ0n) is 21.7. The molecule has 6 N–H and O–H groups in total. The Hall–Kier alpha value is -3.92. The average Bonchev–Trinajstić information content (AvgIpc) is 2.95. The van der Waals surface area contributed by atoms with Gasteiger partial charge in [0.15, 0.2) is 0 Å². The highest BCUT2D eigenvalue weighted by molar-refractivity contribution is 5.94. The summed E-state index contributed by atoms with van der Waals surface area (Å²) in [6, 6.07) is 7.94. The van der Waals surface area contributed by atoms with Crippen LogP contribution in [0, 0.1) is 13.8 Å². The first kappa shape index (κ1) is 27.7. The molecule has 0 saturated carbocycles. The molecule has 37 heavy (non-hydrogen) atoms. The van der Waals surface area contributed by atoms with E-state index in [4.69, 9.17) is 11.5 Å². The Morgan fingerprint density at radius 3 is 2.35 bits per heavy atom. The van der Waals surface area contributed by atoms with Gasteiger partial charge in [-0.25, -0.2) is 0 Å². The van der Waals surface area contributed by atoms with E-state index in [1.807, 2.05) is 38.1 Å². The molecular weight excluding hydrogens is 474 g/mol. The zero-order chi connectivity index (χ0) is 27.4. The molecule has 3 atom stereocenters. The largest absolute Gasteiger partial charge is 0.508 e. The number of likely N-dealkylation sites (N-methyl/N-ethyl adjacent to an activating group) is 1. The van der Waals surface area contributed by atoms with Crippen LogP contribution in [0.3, 0.4) is 0 Å². The molecular formula is C27H35N5O5. The molecule has 10 nitrogen and oxygen atoms in total. The maximum atomic E-state index is 13.2. The minimum Gasteiger partial charge on any atom is -0.508 e. The van der Waals surface area contributed by atoms with E-state index in [9.17, 15) is 24.3 Å². The minimum atomic E-state index is -0.919. The Kier molecular flexibility index (Phi) is 8.54. The smallest absolute Gasteiger partial charge is 0.246 e. The quantitative estimate of drug-likeness (QED) is 0.400. The summed E-state index contributed by atoms with van der Waals surface area (Å²) >= 11 is 0. The number of amides is 4. The maximum Gasteiger partial charge on any atom is 0.246 e. The number of carbonyl (C=O) groups is 4. The van der Waals surface area contributed by atoms with E-state index in [1.165, 1.54) is 16.8 Å². The number of phenols is 1. The number of primary amides is 1. The Morgan fingerprint density at radius 1 is 1.16 bits per heavy atom. The first-order chi connectivity index (χ1) is 17.4. The van der Waals surface area contributed by atoms with Gasteiger partial charge in [0.1, 0.15) is 17.8 Å². The number of nitrogens with two attached hydrogens (primary N) is 2. The molecule has 4 amide bonds. The van der Waals surface area contributed by atoms with Crippen molar-refractivity contribution in [1.82, 2.24) is 15.1 Å². The summed E-state index contributed by atoms with van der Waals surface area (Å²) in [4.78, 5) is 53.6. The molecule has 1 heterocycles. The third-order valence-electron chi connectivity index (χ3n) is 6.91. The van der Waals surface area contributed by atoms with Crippen molar-refractivity contribution in [2.45, 2.75) is 58.3 Å². The lowest BCUT2D eigenvalue weighted by atomic mass is 9.95. The summed E-state index contributed by atoms with van der Waals surface area (Å²) in [5.74, 6) is -1.87. The first-order valence-corrected chi connectivity index (χ1v) is 12.1. The van der Waals surface area contributed by atoms with E-state index in [1.54, 1.807) is 19.1 Å². The second-order valence-corrected chi connectivity index (χ2v) is 9.69. The number of hydrogen-bond acceptors (Lipinski definition) is 6. The number of carbonyl (C=O) groups excluding carboxylic acids is 4. The summed E-state index contributed by atoms with van der Waals surface area (Å²) in [7, 11) is 1.49. The Bertz CT molecular complexity index is 1190. The van der Waals surface area contributed by atoms with E-state index in [0.717, 1.165) is 27.8 Å². The molecule has 198 valence electrons. The van der Waals surface area contributed by atoms with E-state index < -0.39 is 41.8 Å². The van der Waals surface area contributed by atoms with Gasteiger partial charge < -0.3 is 31.7 Å². The number of fused-ring (bicyclic) bond motifs is 1. The lowest BCUT2D eigenvalue weighted by Crippen LogP contribution is -2.56. The maximum absolute atomic E-state index is 13.2. The average molecular weight is 510 g/mol. The van der Waals surface area contributed by atoms with Gasteiger partial charge in [0.25, 0.3) is 0 Å². The van der Waals surface area contributed by atoms with Crippen LogP contribution in [0.4, 0.5) is 0 Å². The Morgan fingerprint density at radius 2 is 1.76 bits per heavy atom. The summed E-state index contributed by atoms with van der Waals surface area (Å²) in [5.41, 5.74) is 15.8. The summed E-state index contributed by atoms with van der Waals surface area (Å²) in [6.07, 6.45) is 0.495. The second-order valence-electron chi connectivity index (χ2n) is 9.69. The molecule has 2 aromatic carbocycles. The number of nitrogens with zero attached hydrogens (tertiary/aromatic N) is 2. The van der Waals surface area contributed by atoms with Crippen molar-refractivity contribution >= 4 is 23.6 Å². The third-order valence-corrected chi connectivity index (χ3v) is 6.91.